The third-order valence-corrected chi connectivity index (χ3v) is 14.9. The predicted molar refractivity (Wildman–Crippen MR) is 77.4 cm³/mol. The molecule has 0 amide bonds. The van der Waals surface area contributed by atoms with Gasteiger partial charge in [-0.25, -0.2) is 0 Å². The van der Waals surface area contributed by atoms with Crippen LogP contribution < -0.4 is 0 Å². The van der Waals surface area contributed by atoms with E-state index in [1.165, 1.54) is 3.93 Å². The Bertz CT molecular complexity index is 265. The molecule has 15 heavy (non-hydrogen) atoms. The summed E-state index contributed by atoms with van der Waals surface area (Å²) in [5.74, 6) is 3.44. The Balaban J connectivity index is 1.91. The van der Waals surface area contributed by atoms with Crippen molar-refractivity contribution in [3.8, 4) is 0 Å². The molecule has 0 nitrogen and oxygen atoms in total. The molecule has 0 radical (unpaired) electrons. The summed E-state index contributed by atoms with van der Waals surface area (Å²) in [4.78, 5) is 8.05. The fourth-order valence-electron chi connectivity index (χ4n) is 5.34. The molecule has 0 heterocycles. The van der Waals surface area contributed by atoms with Crippen molar-refractivity contribution in [2.24, 2.45) is 17.8 Å². The van der Waals surface area contributed by atoms with Crippen LogP contribution in [0.5, 0.6) is 0 Å². The van der Waals surface area contributed by atoms with Crippen LogP contribution in [0.15, 0.2) is 0 Å². The van der Waals surface area contributed by atoms with E-state index in [9.17, 15) is 0 Å². The fraction of sp³-hybridized carbons (Fsp3) is 1.00. The van der Waals surface area contributed by atoms with Crippen LogP contribution in [0.3, 0.4) is 0 Å². The summed E-state index contributed by atoms with van der Waals surface area (Å²) in [5, 5.41) is 0. The Morgan fingerprint density at radius 3 is 1.93 bits per heavy atom. The molecule has 0 spiro atoms. The molecule has 4 aliphatic rings. The van der Waals surface area contributed by atoms with Gasteiger partial charge in [-0.3, -0.25) is 0 Å². The van der Waals surface area contributed by atoms with Crippen molar-refractivity contribution in [2.75, 3.05) is 0 Å². The Morgan fingerprint density at radius 1 is 1.00 bits per heavy atom. The first-order chi connectivity index (χ1) is 6.87. The molecule has 0 aromatic rings. The summed E-state index contributed by atoms with van der Waals surface area (Å²) in [6.07, 6.45) is 7.95. The minimum atomic E-state index is -1.64. The van der Waals surface area contributed by atoms with Crippen LogP contribution in [-0.2, 0) is 0 Å². The number of hydrogen-bond donors (Lipinski definition) is 0. The number of hydrogen-bond acceptors (Lipinski definition) is 0. The molecular weight excluding hydrogens is 402 g/mol. The van der Waals surface area contributed by atoms with E-state index in [1.54, 1.807) is 32.1 Å². The summed E-state index contributed by atoms with van der Waals surface area (Å²) in [6.45, 7) is 0. The molecule has 4 fully saturated rings. The van der Waals surface area contributed by atoms with Gasteiger partial charge in [0.1, 0.15) is 0 Å². The van der Waals surface area contributed by atoms with Crippen molar-refractivity contribution in [1.82, 2.24) is 0 Å². The van der Waals surface area contributed by atoms with Gasteiger partial charge < -0.3 is 0 Å². The second-order valence-electron chi connectivity index (χ2n) is 7.51. The molecule has 5 atom stereocenters. The Kier molecular flexibility index (Phi) is 2.72. The molecule has 0 aromatic carbocycles. The van der Waals surface area contributed by atoms with Gasteiger partial charge >= 0.3 is 113 Å². The van der Waals surface area contributed by atoms with E-state index in [0.29, 0.717) is 0 Å². The van der Waals surface area contributed by atoms with Crippen LogP contribution in [0.2, 0.25) is 18.8 Å². The van der Waals surface area contributed by atoms with Crippen molar-refractivity contribution >= 4 is 41.0 Å². The second-order valence-corrected chi connectivity index (χ2v) is 25.2. The molecule has 2 heteroatoms. The number of alkyl halides is 1. The Morgan fingerprint density at radius 2 is 1.53 bits per heavy atom. The van der Waals surface area contributed by atoms with Crippen LogP contribution >= 0.6 is 22.6 Å². The predicted octanol–water partition coefficient (Wildman–Crippen LogP) is 4.71. The Labute approximate surface area is 112 Å². The monoisotopic (exact) mass is 426 g/mol. The minimum absolute atomic E-state index is 0.752. The summed E-state index contributed by atoms with van der Waals surface area (Å²) in [5.41, 5.74) is 0. The van der Waals surface area contributed by atoms with Crippen LogP contribution in [0, 0.1) is 17.8 Å². The van der Waals surface area contributed by atoms with Gasteiger partial charge in [0.05, 0.1) is 0 Å². The van der Waals surface area contributed by atoms with Crippen molar-refractivity contribution in [3.63, 3.8) is 0 Å². The summed E-state index contributed by atoms with van der Waals surface area (Å²) in [6, 6.07) is 0. The van der Waals surface area contributed by atoms with E-state index in [0.717, 1.165) is 21.2 Å². The summed E-state index contributed by atoms with van der Waals surface area (Å²) >= 11 is 1.19. The fourth-order valence-corrected chi connectivity index (χ4v) is 16.6. The molecular formula is C13H23ISn. The van der Waals surface area contributed by atoms with Gasteiger partial charge in [0.25, 0.3) is 0 Å². The van der Waals surface area contributed by atoms with Gasteiger partial charge in [0, 0.05) is 0 Å². The van der Waals surface area contributed by atoms with Crippen molar-refractivity contribution in [1.29, 1.82) is 0 Å². The first-order valence-electron chi connectivity index (χ1n) is 6.56. The average molecular weight is 425 g/mol. The van der Waals surface area contributed by atoms with Gasteiger partial charge in [-0.1, -0.05) is 0 Å². The molecule has 0 N–H and O–H groups in total. The van der Waals surface area contributed by atoms with Crippen LogP contribution in [-0.4, -0.2) is 21.8 Å². The maximum atomic E-state index is 2.83. The molecule has 4 aliphatic carbocycles. The van der Waals surface area contributed by atoms with Gasteiger partial charge in [0.15, 0.2) is 0 Å². The standard InChI is InChI=1S/C10H14I.3CH3.Sn/c11-10-4-7-1-8(5-10)3-9(2-7)6-10;;;;/h1,7-9H,2-6H2;3*1H3;/t7-,8+,9?,10?;;;;. The van der Waals surface area contributed by atoms with E-state index in [2.05, 4.69) is 37.4 Å². The van der Waals surface area contributed by atoms with Gasteiger partial charge in [0.2, 0.25) is 0 Å². The number of rotatable bonds is 1. The van der Waals surface area contributed by atoms with Crippen molar-refractivity contribution in [3.05, 3.63) is 0 Å². The molecule has 0 aliphatic heterocycles. The van der Waals surface area contributed by atoms with Crippen LogP contribution in [0.25, 0.3) is 0 Å². The topological polar surface area (TPSA) is 0 Å². The van der Waals surface area contributed by atoms with Crippen LogP contribution in [0.1, 0.15) is 32.1 Å². The normalized spacial score (nSPS) is 53.6. The van der Waals surface area contributed by atoms with E-state index < -0.39 is 18.4 Å². The molecule has 3 unspecified atom stereocenters. The summed E-state index contributed by atoms with van der Waals surface area (Å²) < 4.78 is 1.99. The number of halogens is 1. The first-order valence-corrected chi connectivity index (χ1v) is 17.9. The second kappa shape index (κ2) is 3.52. The molecule has 4 saturated carbocycles. The third kappa shape index (κ3) is 1.91. The quantitative estimate of drug-likeness (QED) is 0.325. The molecule has 4 rings (SSSR count). The molecule has 0 saturated heterocycles. The first kappa shape index (κ1) is 11.6. The van der Waals surface area contributed by atoms with E-state index in [-0.39, 0.29) is 0 Å². The van der Waals surface area contributed by atoms with E-state index >= 15 is 0 Å². The zero-order valence-electron chi connectivity index (χ0n) is 10.2. The average Bonchev–Trinajstić information content (AvgIpc) is 1.94. The molecule has 86 valence electrons. The van der Waals surface area contributed by atoms with E-state index in [1.807, 2.05) is 0 Å². The zero-order chi connectivity index (χ0) is 10.8. The van der Waals surface area contributed by atoms with Crippen LogP contribution in [0.4, 0.5) is 0 Å². The summed E-state index contributed by atoms with van der Waals surface area (Å²) in [7, 11) is 0. The van der Waals surface area contributed by atoms with Gasteiger partial charge in [-0.2, -0.15) is 0 Å². The molecule has 0 aromatic heterocycles. The van der Waals surface area contributed by atoms with E-state index in [4.69, 9.17) is 0 Å². The maximum absolute atomic E-state index is 2.83. The third-order valence-electron chi connectivity index (χ3n) is 5.20. The van der Waals surface area contributed by atoms with Gasteiger partial charge in [-0.05, 0) is 0 Å². The zero-order valence-corrected chi connectivity index (χ0v) is 15.2. The van der Waals surface area contributed by atoms with Crippen molar-refractivity contribution in [2.45, 2.75) is 54.3 Å². The Hall–Kier alpha value is 1.53. The van der Waals surface area contributed by atoms with Crippen molar-refractivity contribution < 1.29 is 0 Å². The SMILES string of the molecule is [CH3][Sn]([CH3])([CH3])[CH]1[C@@H]2CC3C[C@H]1CC(I)(C3)C2. The molecule has 4 bridgehead atoms. The van der Waals surface area contributed by atoms with Gasteiger partial charge in [-0.15, -0.1) is 0 Å².